The van der Waals surface area contributed by atoms with Gasteiger partial charge in [0, 0.05) is 25.1 Å². The van der Waals surface area contributed by atoms with E-state index in [9.17, 15) is 0 Å². The van der Waals surface area contributed by atoms with Crippen molar-refractivity contribution in [1.82, 2.24) is 9.97 Å². The highest BCUT2D eigenvalue weighted by Gasteiger charge is 2.07. The molecule has 1 aromatic rings. The Morgan fingerprint density at radius 3 is 2.72 bits per heavy atom. The van der Waals surface area contributed by atoms with E-state index in [1.165, 1.54) is 0 Å². The molecule has 0 aromatic carbocycles. The van der Waals surface area contributed by atoms with Crippen molar-refractivity contribution in [3.63, 3.8) is 0 Å². The van der Waals surface area contributed by atoms with Crippen molar-refractivity contribution in [2.45, 2.75) is 40.0 Å². The van der Waals surface area contributed by atoms with Crippen molar-refractivity contribution in [2.24, 2.45) is 5.92 Å². The summed E-state index contributed by atoms with van der Waals surface area (Å²) in [5.41, 5.74) is 6.75. The predicted octanol–water partition coefficient (Wildman–Crippen LogP) is 1.75. The summed E-state index contributed by atoms with van der Waals surface area (Å²) in [4.78, 5) is 8.65. The number of aliphatic hydroxyl groups excluding tert-OH is 1. The maximum atomic E-state index is 8.94. The molecule has 0 amide bonds. The Kier molecular flexibility index (Phi) is 5.85. The number of aryl methyl sites for hydroxylation is 1. The Labute approximate surface area is 109 Å². The molecule has 5 heteroatoms. The second kappa shape index (κ2) is 7.16. The topological polar surface area (TPSA) is 84.1 Å². The predicted molar refractivity (Wildman–Crippen MR) is 74.5 cm³/mol. The van der Waals surface area contributed by atoms with Gasteiger partial charge in [-0.1, -0.05) is 13.8 Å². The van der Waals surface area contributed by atoms with Gasteiger partial charge in [-0.05, 0) is 25.7 Å². The molecule has 1 heterocycles. The van der Waals surface area contributed by atoms with Gasteiger partial charge in [0.05, 0.1) is 0 Å². The fraction of sp³-hybridized carbons (Fsp3) is 0.692. The monoisotopic (exact) mass is 252 g/mol. The summed E-state index contributed by atoms with van der Waals surface area (Å²) in [6.45, 7) is 7.07. The molecule has 1 aromatic heterocycles. The molecule has 1 atom stereocenters. The Balaban J connectivity index is 2.53. The summed E-state index contributed by atoms with van der Waals surface area (Å²) in [6, 6.07) is 0. The first-order valence-corrected chi connectivity index (χ1v) is 6.56. The lowest BCUT2D eigenvalue weighted by molar-refractivity contribution is 0.229. The number of aromatic nitrogens is 2. The molecule has 0 aliphatic carbocycles. The van der Waals surface area contributed by atoms with Gasteiger partial charge < -0.3 is 16.2 Å². The number of nitrogens with two attached hydrogens (primary N) is 1. The van der Waals surface area contributed by atoms with Crippen LogP contribution in [0.5, 0.6) is 0 Å². The van der Waals surface area contributed by atoms with E-state index in [2.05, 4.69) is 15.3 Å². The van der Waals surface area contributed by atoms with E-state index in [0.29, 0.717) is 11.7 Å². The third-order valence-electron chi connectivity index (χ3n) is 3.02. The number of hydrogen-bond acceptors (Lipinski definition) is 5. The van der Waals surface area contributed by atoms with E-state index >= 15 is 0 Å². The average molecular weight is 252 g/mol. The number of nitrogen functional groups attached to an aromatic ring is 1. The van der Waals surface area contributed by atoms with E-state index in [1.807, 2.05) is 20.8 Å². The molecule has 1 rings (SSSR count). The van der Waals surface area contributed by atoms with Gasteiger partial charge >= 0.3 is 0 Å². The number of nitrogens with zero attached hydrogens (tertiary/aromatic N) is 2. The highest BCUT2D eigenvalue weighted by Crippen LogP contribution is 2.17. The average Bonchev–Trinajstić information content (AvgIpc) is 2.38. The first-order valence-electron chi connectivity index (χ1n) is 6.56. The van der Waals surface area contributed by atoms with E-state index in [4.69, 9.17) is 10.8 Å². The molecule has 0 aliphatic rings. The second-order valence-electron chi connectivity index (χ2n) is 4.71. The highest BCUT2D eigenvalue weighted by atomic mass is 16.3. The molecule has 0 fully saturated rings. The van der Waals surface area contributed by atoms with Crippen molar-refractivity contribution in [3.8, 4) is 0 Å². The van der Waals surface area contributed by atoms with Crippen LogP contribution in [0.4, 0.5) is 11.6 Å². The SMILES string of the molecule is CCc1nc(N)c(C)c(NCCCC(C)CO)n1. The summed E-state index contributed by atoms with van der Waals surface area (Å²) in [7, 11) is 0. The Morgan fingerprint density at radius 2 is 2.11 bits per heavy atom. The van der Waals surface area contributed by atoms with Crippen LogP contribution in [0.15, 0.2) is 0 Å². The van der Waals surface area contributed by atoms with Crippen LogP contribution in [0.3, 0.4) is 0 Å². The summed E-state index contributed by atoms with van der Waals surface area (Å²) in [5, 5.41) is 12.2. The number of rotatable bonds is 7. The number of anilines is 2. The van der Waals surface area contributed by atoms with Crippen molar-refractivity contribution < 1.29 is 5.11 Å². The Morgan fingerprint density at radius 1 is 1.39 bits per heavy atom. The van der Waals surface area contributed by atoms with Crippen LogP contribution in [0.1, 0.15) is 38.1 Å². The molecule has 0 radical (unpaired) electrons. The van der Waals surface area contributed by atoms with Gasteiger partial charge in [-0.2, -0.15) is 0 Å². The van der Waals surface area contributed by atoms with Gasteiger partial charge in [-0.15, -0.1) is 0 Å². The zero-order valence-electron chi connectivity index (χ0n) is 11.5. The Hall–Kier alpha value is -1.36. The van der Waals surface area contributed by atoms with Crippen LogP contribution < -0.4 is 11.1 Å². The molecule has 4 N–H and O–H groups in total. The first-order chi connectivity index (χ1) is 8.58. The summed E-state index contributed by atoms with van der Waals surface area (Å²) < 4.78 is 0. The first kappa shape index (κ1) is 14.7. The summed E-state index contributed by atoms with van der Waals surface area (Å²) >= 11 is 0. The minimum Gasteiger partial charge on any atom is -0.396 e. The quantitative estimate of drug-likeness (QED) is 0.644. The number of nitrogens with one attached hydrogen (secondary N) is 1. The summed E-state index contributed by atoms with van der Waals surface area (Å²) in [5.74, 6) is 2.50. The zero-order valence-corrected chi connectivity index (χ0v) is 11.5. The largest absolute Gasteiger partial charge is 0.396 e. The van der Waals surface area contributed by atoms with Crippen LogP contribution in [-0.4, -0.2) is 28.2 Å². The van der Waals surface area contributed by atoms with Gasteiger partial charge in [0.1, 0.15) is 17.5 Å². The molecule has 102 valence electrons. The van der Waals surface area contributed by atoms with Crippen molar-refractivity contribution in [1.29, 1.82) is 0 Å². The van der Waals surface area contributed by atoms with Crippen molar-refractivity contribution >= 4 is 11.6 Å². The van der Waals surface area contributed by atoms with E-state index in [0.717, 1.165) is 43.0 Å². The van der Waals surface area contributed by atoms with Crippen LogP contribution in [0, 0.1) is 12.8 Å². The van der Waals surface area contributed by atoms with E-state index in [1.54, 1.807) is 0 Å². The third-order valence-corrected chi connectivity index (χ3v) is 3.02. The fourth-order valence-corrected chi connectivity index (χ4v) is 1.66. The van der Waals surface area contributed by atoms with Crippen LogP contribution in [0.25, 0.3) is 0 Å². The van der Waals surface area contributed by atoms with Gasteiger partial charge in [0.15, 0.2) is 0 Å². The molecule has 5 nitrogen and oxygen atoms in total. The van der Waals surface area contributed by atoms with Gasteiger partial charge in [0.25, 0.3) is 0 Å². The van der Waals surface area contributed by atoms with Crippen molar-refractivity contribution in [3.05, 3.63) is 11.4 Å². The molecule has 0 aliphatic heterocycles. The number of aliphatic hydroxyl groups is 1. The molecular formula is C13H24N4O. The molecule has 0 saturated heterocycles. The van der Waals surface area contributed by atoms with Gasteiger partial charge in [-0.25, -0.2) is 9.97 Å². The fourth-order valence-electron chi connectivity index (χ4n) is 1.66. The number of hydrogen-bond donors (Lipinski definition) is 3. The molecule has 1 unspecified atom stereocenters. The van der Waals surface area contributed by atoms with E-state index in [-0.39, 0.29) is 6.61 Å². The third kappa shape index (κ3) is 4.14. The van der Waals surface area contributed by atoms with Gasteiger partial charge in [0.2, 0.25) is 0 Å². The summed E-state index contributed by atoms with van der Waals surface area (Å²) in [6.07, 6.45) is 2.79. The second-order valence-corrected chi connectivity index (χ2v) is 4.71. The van der Waals surface area contributed by atoms with Crippen LogP contribution in [0.2, 0.25) is 0 Å². The molecule has 18 heavy (non-hydrogen) atoms. The maximum absolute atomic E-state index is 8.94. The molecule has 0 bridgehead atoms. The van der Waals surface area contributed by atoms with Gasteiger partial charge in [-0.3, -0.25) is 0 Å². The Bertz CT molecular complexity index is 381. The van der Waals surface area contributed by atoms with E-state index < -0.39 is 0 Å². The zero-order chi connectivity index (χ0) is 13.5. The smallest absolute Gasteiger partial charge is 0.134 e. The molecule has 0 saturated carbocycles. The van der Waals surface area contributed by atoms with Crippen LogP contribution in [-0.2, 0) is 6.42 Å². The highest BCUT2D eigenvalue weighted by molar-refractivity contribution is 5.54. The molecular weight excluding hydrogens is 228 g/mol. The lowest BCUT2D eigenvalue weighted by Crippen LogP contribution is -2.11. The minimum atomic E-state index is 0.249. The minimum absolute atomic E-state index is 0.249. The lowest BCUT2D eigenvalue weighted by Gasteiger charge is -2.12. The lowest BCUT2D eigenvalue weighted by atomic mass is 10.1. The molecule has 0 spiro atoms. The maximum Gasteiger partial charge on any atom is 0.134 e. The van der Waals surface area contributed by atoms with Crippen LogP contribution >= 0.6 is 0 Å². The normalized spacial score (nSPS) is 12.4. The van der Waals surface area contributed by atoms with Crippen molar-refractivity contribution in [2.75, 3.05) is 24.2 Å². The standard InChI is InChI=1S/C13H24N4O/c1-4-11-16-12(14)10(3)13(17-11)15-7-5-6-9(2)8-18/h9,18H,4-8H2,1-3H3,(H3,14,15,16,17).